The van der Waals surface area contributed by atoms with Gasteiger partial charge in [-0.25, -0.2) is 9.48 Å². The first kappa shape index (κ1) is 18.8. The molecule has 0 spiro atoms. The van der Waals surface area contributed by atoms with E-state index in [2.05, 4.69) is 10.3 Å². The zero-order valence-electron chi connectivity index (χ0n) is 13.6. The van der Waals surface area contributed by atoms with Crippen molar-refractivity contribution in [3.63, 3.8) is 0 Å². The van der Waals surface area contributed by atoms with Crippen LogP contribution in [0.15, 0.2) is 18.2 Å². The molecular weight excluding hydrogens is 454 g/mol. The van der Waals surface area contributed by atoms with Crippen LogP contribution in [0, 0.1) is 3.70 Å². The molecule has 0 saturated heterocycles. The second-order valence-corrected chi connectivity index (χ2v) is 7.02. The van der Waals surface area contributed by atoms with Crippen LogP contribution in [-0.4, -0.2) is 44.0 Å². The number of nitrogens with zero attached hydrogens (tertiary/aromatic N) is 3. The van der Waals surface area contributed by atoms with Crippen molar-refractivity contribution in [1.82, 2.24) is 15.0 Å². The van der Waals surface area contributed by atoms with Gasteiger partial charge in [-0.2, -0.15) is 0 Å². The van der Waals surface area contributed by atoms with Crippen molar-refractivity contribution in [1.29, 1.82) is 0 Å². The van der Waals surface area contributed by atoms with E-state index >= 15 is 0 Å². The summed E-state index contributed by atoms with van der Waals surface area (Å²) < 4.78 is 7.58. The van der Waals surface area contributed by atoms with E-state index in [-0.39, 0.29) is 36.6 Å². The van der Waals surface area contributed by atoms with Crippen LogP contribution in [0.4, 0.5) is 0 Å². The first-order chi connectivity index (χ1) is 12.4. The number of aromatic carboxylic acids is 1. The average Bonchev–Trinajstić information content (AvgIpc) is 2.94. The summed E-state index contributed by atoms with van der Waals surface area (Å²) in [7, 11) is -1.25. The number of halogens is 1. The molecular formula is C15H16BIN4O5. The summed E-state index contributed by atoms with van der Waals surface area (Å²) in [5.74, 6) is -1.56. The number of Topliss-reactive ketones (excluding diaryl/α,β-unsaturated/α-hetero) is 1. The monoisotopic (exact) mass is 470 g/mol. The SMILES string of the molecule is NCc1nnn(CC(=O)C[C@H]2Cc3cccc(C(=O)O)c3OB2O)c1I. The number of hydrogen-bond donors (Lipinski definition) is 3. The zero-order valence-corrected chi connectivity index (χ0v) is 15.8. The Bertz CT molecular complexity index is 859. The maximum Gasteiger partial charge on any atom is 0.526 e. The molecule has 11 heteroatoms. The Morgan fingerprint density at radius 1 is 1.46 bits per heavy atom. The molecule has 26 heavy (non-hydrogen) atoms. The molecule has 9 nitrogen and oxygen atoms in total. The minimum Gasteiger partial charge on any atom is -0.535 e. The Morgan fingerprint density at radius 3 is 2.88 bits per heavy atom. The van der Waals surface area contributed by atoms with Crippen molar-refractivity contribution < 1.29 is 24.4 Å². The van der Waals surface area contributed by atoms with Crippen LogP contribution < -0.4 is 10.4 Å². The second kappa shape index (κ2) is 7.72. The summed E-state index contributed by atoms with van der Waals surface area (Å²) in [5.41, 5.74) is 6.82. The van der Waals surface area contributed by atoms with Gasteiger partial charge in [0.1, 0.15) is 21.7 Å². The number of carboxylic acids is 1. The quantitative estimate of drug-likeness (QED) is 0.410. The smallest absolute Gasteiger partial charge is 0.526 e. The van der Waals surface area contributed by atoms with Gasteiger partial charge in [-0.1, -0.05) is 17.3 Å². The van der Waals surface area contributed by atoms with Gasteiger partial charge in [-0.05, 0) is 40.6 Å². The summed E-state index contributed by atoms with van der Waals surface area (Å²) >= 11 is 2.03. The number of ketones is 1. The molecule has 3 rings (SSSR count). The van der Waals surface area contributed by atoms with E-state index in [1.165, 1.54) is 10.7 Å². The van der Waals surface area contributed by atoms with E-state index < -0.39 is 18.9 Å². The molecule has 2 heterocycles. The third kappa shape index (κ3) is 3.74. The topological polar surface area (TPSA) is 141 Å². The summed E-state index contributed by atoms with van der Waals surface area (Å²) in [6.07, 6.45) is 0.428. The normalized spacial score (nSPS) is 16.1. The predicted molar refractivity (Wildman–Crippen MR) is 99.7 cm³/mol. The summed E-state index contributed by atoms with van der Waals surface area (Å²) in [6.45, 7) is 0.265. The predicted octanol–water partition coefficient (Wildman–Crippen LogP) is 0.485. The molecule has 0 aliphatic carbocycles. The average molecular weight is 470 g/mol. The number of aromatic nitrogens is 3. The van der Waals surface area contributed by atoms with Gasteiger partial charge in [0, 0.05) is 18.8 Å². The van der Waals surface area contributed by atoms with Crippen LogP contribution in [0.2, 0.25) is 5.82 Å². The molecule has 1 atom stereocenters. The highest BCUT2D eigenvalue weighted by atomic mass is 127. The van der Waals surface area contributed by atoms with Gasteiger partial charge in [-0.3, -0.25) is 4.79 Å². The van der Waals surface area contributed by atoms with E-state index in [4.69, 9.17) is 10.4 Å². The maximum atomic E-state index is 12.4. The number of fused-ring (bicyclic) bond motifs is 1. The standard InChI is InChI=1S/C15H16BIN4O5/c17-14-12(6-18)19-20-21(14)7-10(22)5-9-4-8-2-1-3-11(15(23)24)13(8)26-16(9)25/h1-3,9,25H,4-7,18H2,(H,23,24)/t9-/m1/s1. The van der Waals surface area contributed by atoms with Crippen molar-refractivity contribution in [3.05, 3.63) is 38.7 Å². The largest absolute Gasteiger partial charge is 0.535 e. The molecule has 0 radical (unpaired) electrons. The molecule has 0 fully saturated rings. The number of carboxylic acid groups (broad SMARTS) is 1. The molecule has 2 aromatic rings. The van der Waals surface area contributed by atoms with Crippen molar-refractivity contribution in [3.8, 4) is 5.75 Å². The number of para-hydroxylation sites is 1. The summed E-state index contributed by atoms with van der Waals surface area (Å²) in [5, 5.41) is 27.2. The van der Waals surface area contributed by atoms with Crippen LogP contribution in [0.5, 0.6) is 5.75 Å². The molecule has 136 valence electrons. The van der Waals surface area contributed by atoms with E-state index in [1.807, 2.05) is 22.6 Å². The molecule has 1 aromatic heterocycles. The Hall–Kier alpha value is -1.99. The van der Waals surface area contributed by atoms with E-state index in [1.54, 1.807) is 12.1 Å². The van der Waals surface area contributed by atoms with Gasteiger partial charge < -0.3 is 20.5 Å². The number of nitrogens with two attached hydrogens (primary N) is 1. The van der Waals surface area contributed by atoms with Gasteiger partial charge >= 0.3 is 13.1 Å². The molecule has 4 N–H and O–H groups in total. The number of benzene rings is 1. The van der Waals surface area contributed by atoms with Gasteiger partial charge in [0.2, 0.25) is 0 Å². The fourth-order valence-electron chi connectivity index (χ4n) is 2.91. The number of hydrogen-bond acceptors (Lipinski definition) is 7. The van der Waals surface area contributed by atoms with Crippen LogP contribution in [0.25, 0.3) is 0 Å². The lowest BCUT2D eigenvalue weighted by Crippen LogP contribution is -2.36. The van der Waals surface area contributed by atoms with Gasteiger partial charge in [-0.15, -0.1) is 5.10 Å². The molecule has 1 aromatic carbocycles. The third-order valence-corrected chi connectivity index (χ3v) is 5.38. The zero-order chi connectivity index (χ0) is 18.8. The van der Waals surface area contributed by atoms with Crippen LogP contribution in [0.3, 0.4) is 0 Å². The third-order valence-electron chi connectivity index (χ3n) is 4.20. The summed E-state index contributed by atoms with van der Waals surface area (Å²) in [6, 6.07) is 4.77. The minimum atomic E-state index is -1.25. The van der Waals surface area contributed by atoms with E-state index in [0.29, 0.717) is 21.4 Å². The van der Waals surface area contributed by atoms with Crippen molar-refractivity contribution in [2.24, 2.45) is 5.73 Å². The molecule has 0 bridgehead atoms. The highest BCUT2D eigenvalue weighted by Crippen LogP contribution is 2.36. The Kier molecular flexibility index (Phi) is 5.58. The van der Waals surface area contributed by atoms with Crippen LogP contribution >= 0.6 is 22.6 Å². The van der Waals surface area contributed by atoms with Crippen LogP contribution in [-0.2, 0) is 24.3 Å². The molecule has 1 aliphatic heterocycles. The number of carbonyl (C=O) groups is 2. The Morgan fingerprint density at radius 2 is 2.23 bits per heavy atom. The number of rotatable bonds is 6. The van der Waals surface area contributed by atoms with Gasteiger partial charge in [0.15, 0.2) is 5.78 Å². The van der Waals surface area contributed by atoms with Crippen LogP contribution in [0.1, 0.15) is 28.0 Å². The maximum absolute atomic E-state index is 12.4. The Labute approximate surface area is 162 Å². The van der Waals surface area contributed by atoms with E-state index in [0.717, 1.165) is 0 Å². The lowest BCUT2D eigenvalue weighted by molar-refractivity contribution is -0.120. The summed E-state index contributed by atoms with van der Waals surface area (Å²) in [4.78, 5) is 23.6. The lowest BCUT2D eigenvalue weighted by atomic mass is 9.64. The highest BCUT2D eigenvalue weighted by Gasteiger charge is 2.37. The highest BCUT2D eigenvalue weighted by molar-refractivity contribution is 14.1. The van der Waals surface area contributed by atoms with Crippen molar-refractivity contribution in [2.45, 2.75) is 31.7 Å². The van der Waals surface area contributed by atoms with Crippen molar-refractivity contribution in [2.75, 3.05) is 0 Å². The Balaban J connectivity index is 1.71. The number of carbonyl (C=O) groups excluding carboxylic acids is 1. The lowest BCUT2D eigenvalue weighted by Gasteiger charge is -2.28. The van der Waals surface area contributed by atoms with Crippen molar-refractivity contribution >= 4 is 41.5 Å². The fourth-order valence-corrected chi connectivity index (χ4v) is 3.51. The molecule has 1 aliphatic rings. The second-order valence-electron chi connectivity index (χ2n) is 6.00. The minimum absolute atomic E-state index is 0.00203. The first-order valence-electron chi connectivity index (χ1n) is 7.90. The van der Waals surface area contributed by atoms with Gasteiger partial charge in [0.05, 0.1) is 5.56 Å². The molecule has 0 saturated carbocycles. The fraction of sp³-hybridized carbons (Fsp3) is 0.333. The van der Waals surface area contributed by atoms with E-state index in [9.17, 15) is 19.7 Å². The first-order valence-corrected chi connectivity index (χ1v) is 8.98. The molecule has 0 unspecified atom stereocenters. The van der Waals surface area contributed by atoms with Gasteiger partial charge in [0.25, 0.3) is 0 Å². The molecule has 0 amide bonds.